The molecule has 0 amide bonds. The van der Waals surface area contributed by atoms with E-state index >= 15 is 0 Å². The zero-order valence-corrected chi connectivity index (χ0v) is 9.04. The first-order valence-electron chi connectivity index (χ1n) is 4.82. The SMILES string of the molecule is O=C(O)C1(Cc2ccccc2)C=CCS1. The molecule has 1 unspecified atom stereocenters. The van der Waals surface area contributed by atoms with Crippen LogP contribution in [-0.2, 0) is 11.2 Å². The molecule has 0 saturated carbocycles. The Hall–Kier alpha value is -1.22. The van der Waals surface area contributed by atoms with Gasteiger partial charge in [-0.05, 0) is 5.56 Å². The molecule has 1 aromatic carbocycles. The van der Waals surface area contributed by atoms with Gasteiger partial charge in [0, 0.05) is 12.2 Å². The van der Waals surface area contributed by atoms with Crippen LogP contribution < -0.4 is 0 Å². The second-order valence-corrected chi connectivity index (χ2v) is 4.92. The summed E-state index contributed by atoms with van der Waals surface area (Å²) < 4.78 is -0.749. The molecule has 0 bridgehead atoms. The monoisotopic (exact) mass is 220 g/mol. The molecule has 1 atom stereocenters. The Balaban J connectivity index is 2.22. The summed E-state index contributed by atoms with van der Waals surface area (Å²) in [5, 5.41) is 9.25. The Bertz CT molecular complexity index is 386. The Labute approximate surface area is 93.0 Å². The van der Waals surface area contributed by atoms with Gasteiger partial charge in [0.25, 0.3) is 0 Å². The van der Waals surface area contributed by atoms with Gasteiger partial charge in [-0.1, -0.05) is 42.5 Å². The Morgan fingerprint density at radius 3 is 2.67 bits per heavy atom. The molecule has 1 aliphatic heterocycles. The van der Waals surface area contributed by atoms with Crippen LogP contribution in [0, 0.1) is 0 Å². The molecule has 0 saturated heterocycles. The standard InChI is InChI=1S/C12H12O2S/c13-11(14)12(7-4-8-15-12)9-10-5-2-1-3-6-10/h1-7H,8-9H2,(H,13,14). The predicted octanol–water partition coefficient (Wildman–Crippen LogP) is 2.36. The van der Waals surface area contributed by atoms with Gasteiger partial charge in [-0.15, -0.1) is 11.8 Å². The fourth-order valence-electron chi connectivity index (χ4n) is 1.70. The molecule has 1 heterocycles. The van der Waals surface area contributed by atoms with E-state index in [0.29, 0.717) is 6.42 Å². The van der Waals surface area contributed by atoms with Crippen molar-refractivity contribution in [1.29, 1.82) is 0 Å². The van der Waals surface area contributed by atoms with Crippen LogP contribution >= 0.6 is 11.8 Å². The van der Waals surface area contributed by atoms with Crippen molar-refractivity contribution in [3.8, 4) is 0 Å². The molecule has 0 radical (unpaired) electrons. The first-order chi connectivity index (χ1) is 7.23. The van der Waals surface area contributed by atoms with Gasteiger partial charge in [0.05, 0.1) is 0 Å². The van der Waals surface area contributed by atoms with Gasteiger partial charge in [0.1, 0.15) is 4.75 Å². The average Bonchev–Trinajstić information content (AvgIpc) is 2.69. The van der Waals surface area contributed by atoms with Crippen molar-refractivity contribution in [2.75, 3.05) is 5.75 Å². The summed E-state index contributed by atoms with van der Waals surface area (Å²) in [5.41, 5.74) is 1.07. The van der Waals surface area contributed by atoms with Gasteiger partial charge in [-0.3, -0.25) is 4.79 Å². The molecule has 1 aliphatic rings. The second kappa shape index (κ2) is 4.11. The van der Waals surface area contributed by atoms with E-state index in [-0.39, 0.29) is 0 Å². The molecule has 3 heteroatoms. The van der Waals surface area contributed by atoms with Crippen molar-refractivity contribution in [3.63, 3.8) is 0 Å². The molecule has 15 heavy (non-hydrogen) atoms. The summed E-state index contributed by atoms with van der Waals surface area (Å²) in [6.07, 6.45) is 4.30. The molecule has 0 aromatic heterocycles. The van der Waals surface area contributed by atoms with E-state index in [1.54, 1.807) is 0 Å². The summed E-state index contributed by atoms with van der Waals surface area (Å²) in [6, 6.07) is 9.76. The zero-order valence-electron chi connectivity index (χ0n) is 8.22. The average molecular weight is 220 g/mol. The lowest BCUT2D eigenvalue weighted by Gasteiger charge is -2.21. The Morgan fingerprint density at radius 1 is 1.40 bits per heavy atom. The van der Waals surface area contributed by atoms with Crippen LogP contribution in [0.5, 0.6) is 0 Å². The lowest BCUT2D eigenvalue weighted by molar-refractivity contribution is -0.138. The molecule has 0 spiro atoms. The van der Waals surface area contributed by atoms with Crippen LogP contribution in [-0.4, -0.2) is 21.6 Å². The molecular weight excluding hydrogens is 208 g/mol. The normalized spacial score (nSPS) is 24.3. The summed E-state index contributed by atoms with van der Waals surface area (Å²) in [7, 11) is 0. The molecule has 0 fully saturated rings. The van der Waals surface area contributed by atoms with Gasteiger partial charge in [0.15, 0.2) is 0 Å². The minimum absolute atomic E-state index is 0.560. The molecule has 1 N–H and O–H groups in total. The third-order valence-electron chi connectivity index (χ3n) is 2.50. The van der Waals surface area contributed by atoms with E-state index < -0.39 is 10.7 Å². The van der Waals surface area contributed by atoms with Crippen LogP contribution in [0.4, 0.5) is 0 Å². The summed E-state index contributed by atoms with van der Waals surface area (Å²) >= 11 is 1.48. The third kappa shape index (κ3) is 2.07. The van der Waals surface area contributed by atoms with Gasteiger partial charge < -0.3 is 5.11 Å². The molecule has 1 aromatic rings. The molecule has 78 valence electrons. The molecule has 2 rings (SSSR count). The number of thioether (sulfide) groups is 1. The van der Waals surface area contributed by atoms with E-state index in [4.69, 9.17) is 0 Å². The first-order valence-corrected chi connectivity index (χ1v) is 5.80. The van der Waals surface area contributed by atoms with Gasteiger partial charge >= 0.3 is 5.97 Å². The number of carboxylic acid groups (broad SMARTS) is 1. The van der Waals surface area contributed by atoms with Crippen molar-refractivity contribution < 1.29 is 9.90 Å². The molecule has 0 aliphatic carbocycles. The number of rotatable bonds is 3. The predicted molar refractivity (Wildman–Crippen MR) is 62.1 cm³/mol. The van der Waals surface area contributed by atoms with E-state index in [1.165, 1.54) is 11.8 Å². The zero-order chi connectivity index (χ0) is 10.7. The van der Waals surface area contributed by atoms with E-state index in [9.17, 15) is 9.90 Å². The first kappa shape index (κ1) is 10.3. The van der Waals surface area contributed by atoms with Crippen LogP contribution in [0.3, 0.4) is 0 Å². The number of hydrogen-bond donors (Lipinski definition) is 1. The highest BCUT2D eigenvalue weighted by molar-refractivity contribution is 8.02. The van der Waals surface area contributed by atoms with E-state index in [0.717, 1.165) is 11.3 Å². The lowest BCUT2D eigenvalue weighted by atomic mass is 9.98. The number of hydrogen-bond acceptors (Lipinski definition) is 2. The molecular formula is C12H12O2S. The van der Waals surface area contributed by atoms with Gasteiger partial charge in [-0.2, -0.15) is 0 Å². The summed E-state index contributed by atoms with van der Waals surface area (Å²) in [6.45, 7) is 0. The van der Waals surface area contributed by atoms with Crippen molar-refractivity contribution in [2.45, 2.75) is 11.2 Å². The number of benzene rings is 1. The maximum absolute atomic E-state index is 11.3. The Morgan fingerprint density at radius 2 is 2.13 bits per heavy atom. The fraction of sp³-hybridized carbons (Fsp3) is 0.250. The maximum atomic E-state index is 11.3. The highest BCUT2D eigenvalue weighted by Crippen LogP contribution is 2.36. The minimum Gasteiger partial charge on any atom is -0.480 e. The van der Waals surface area contributed by atoms with Crippen molar-refractivity contribution in [2.24, 2.45) is 0 Å². The fourth-order valence-corrected chi connectivity index (χ4v) is 2.78. The smallest absolute Gasteiger partial charge is 0.324 e. The van der Waals surface area contributed by atoms with Crippen molar-refractivity contribution >= 4 is 17.7 Å². The summed E-state index contributed by atoms with van der Waals surface area (Å²) in [4.78, 5) is 11.3. The quantitative estimate of drug-likeness (QED) is 0.794. The van der Waals surface area contributed by atoms with Crippen LogP contribution in [0.1, 0.15) is 5.56 Å². The Kier molecular flexibility index (Phi) is 2.82. The number of carbonyl (C=O) groups is 1. The second-order valence-electron chi connectivity index (χ2n) is 3.57. The van der Waals surface area contributed by atoms with Gasteiger partial charge in [0.2, 0.25) is 0 Å². The lowest BCUT2D eigenvalue weighted by Crippen LogP contribution is -2.33. The third-order valence-corrected chi connectivity index (χ3v) is 3.83. The molecule has 2 nitrogen and oxygen atoms in total. The van der Waals surface area contributed by atoms with Crippen LogP contribution in [0.25, 0.3) is 0 Å². The minimum atomic E-state index is -0.749. The number of aliphatic carboxylic acids is 1. The highest BCUT2D eigenvalue weighted by Gasteiger charge is 2.38. The maximum Gasteiger partial charge on any atom is 0.324 e. The summed E-state index contributed by atoms with van der Waals surface area (Å²) in [5.74, 6) is 0.0455. The van der Waals surface area contributed by atoms with Crippen molar-refractivity contribution in [1.82, 2.24) is 0 Å². The van der Waals surface area contributed by atoms with Crippen LogP contribution in [0.15, 0.2) is 42.5 Å². The topological polar surface area (TPSA) is 37.3 Å². The van der Waals surface area contributed by atoms with Gasteiger partial charge in [-0.25, -0.2) is 0 Å². The van der Waals surface area contributed by atoms with E-state index in [2.05, 4.69) is 0 Å². The largest absolute Gasteiger partial charge is 0.480 e. The van der Waals surface area contributed by atoms with Crippen LogP contribution in [0.2, 0.25) is 0 Å². The van der Waals surface area contributed by atoms with E-state index in [1.807, 2.05) is 42.5 Å². The highest BCUT2D eigenvalue weighted by atomic mass is 32.2. The van der Waals surface area contributed by atoms with Crippen molar-refractivity contribution in [3.05, 3.63) is 48.0 Å². The number of carboxylic acids is 1.